The molecule has 3 nitrogen and oxygen atoms in total. The van der Waals surface area contributed by atoms with E-state index < -0.39 is 0 Å². The van der Waals surface area contributed by atoms with Crippen molar-refractivity contribution >= 4 is 5.91 Å². The molecule has 0 atom stereocenters. The average molecular weight is 270 g/mol. The van der Waals surface area contributed by atoms with Gasteiger partial charge in [0.25, 0.3) is 0 Å². The number of nitrogens with zero attached hydrogens (tertiary/aromatic N) is 1. The number of rotatable bonds is 13. The van der Waals surface area contributed by atoms with Gasteiger partial charge in [-0.05, 0) is 6.42 Å². The second-order valence-corrected chi connectivity index (χ2v) is 5.63. The lowest BCUT2D eigenvalue weighted by atomic mass is 10.1. The van der Waals surface area contributed by atoms with Crippen LogP contribution >= 0.6 is 0 Å². The molecule has 19 heavy (non-hydrogen) atoms. The Labute approximate surface area is 120 Å². The molecule has 3 heteroatoms. The largest absolute Gasteiger partial charge is 0.289 e. The van der Waals surface area contributed by atoms with Crippen LogP contribution in [-0.2, 0) is 4.79 Å². The molecule has 0 saturated carbocycles. The SMILES string of the molecule is CCCCCCCCCCCCCN(C)NC(C)=O. The number of nitrogens with one attached hydrogen (secondary N) is 1. The number of hydrogen-bond donors (Lipinski definition) is 1. The minimum absolute atomic E-state index is 0.0190. The molecule has 0 aromatic rings. The standard InChI is InChI=1S/C16H34N2O/c1-4-5-6-7-8-9-10-11-12-13-14-15-18(3)17-16(2)19/h4-15H2,1-3H3,(H,17,19). The molecule has 0 aromatic carbocycles. The summed E-state index contributed by atoms with van der Waals surface area (Å²) in [6, 6.07) is 0. The highest BCUT2D eigenvalue weighted by Gasteiger charge is 1.99. The van der Waals surface area contributed by atoms with Crippen LogP contribution in [0.25, 0.3) is 0 Å². The maximum atomic E-state index is 10.8. The summed E-state index contributed by atoms with van der Waals surface area (Å²) in [5.74, 6) is 0.0190. The van der Waals surface area contributed by atoms with Gasteiger partial charge in [0.15, 0.2) is 0 Å². The molecule has 0 aliphatic heterocycles. The first-order chi connectivity index (χ1) is 9.16. The van der Waals surface area contributed by atoms with Gasteiger partial charge in [-0.2, -0.15) is 0 Å². The molecule has 0 fully saturated rings. The lowest BCUT2D eigenvalue weighted by Crippen LogP contribution is -2.38. The second kappa shape index (κ2) is 13.9. The van der Waals surface area contributed by atoms with E-state index in [1.165, 1.54) is 70.6 Å². The molecule has 0 aliphatic carbocycles. The van der Waals surface area contributed by atoms with Gasteiger partial charge in [-0.25, -0.2) is 5.01 Å². The Morgan fingerprint density at radius 3 is 1.68 bits per heavy atom. The van der Waals surface area contributed by atoms with Crippen molar-refractivity contribution in [1.29, 1.82) is 0 Å². The van der Waals surface area contributed by atoms with Gasteiger partial charge >= 0.3 is 0 Å². The van der Waals surface area contributed by atoms with Gasteiger partial charge in [0.1, 0.15) is 0 Å². The summed E-state index contributed by atoms with van der Waals surface area (Å²) in [4.78, 5) is 10.8. The summed E-state index contributed by atoms with van der Waals surface area (Å²) in [5.41, 5.74) is 2.77. The molecule has 0 unspecified atom stereocenters. The van der Waals surface area contributed by atoms with Crippen molar-refractivity contribution in [3.05, 3.63) is 0 Å². The van der Waals surface area contributed by atoms with Gasteiger partial charge in [0, 0.05) is 20.5 Å². The lowest BCUT2D eigenvalue weighted by molar-refractivity contribution is -0.123. The van der Waals surface area contributed by atoms with Crippen LogP contribution in [0.1, 0.15) is 84.5 Å². The number of hydrazine groups is 1. The molecular weight excluding hydrogens is 236 g/mol. The van der Waals surface area contributed by atoms with Crippen LogP contribution in [0.4, 0.5) is 0 Å². The topological polar surface area (TPSA) is 32.3 Å². The van der Waals surface area contributed by atoms with E-state index in [1.807, 2.05) is 12.1 Å². The van der Waals surface area contributed by atoms with E-state index in [0.29, 0.717) is 0 Å². The number of hydrogen-bond acceptors (Lipinski definition) is 2. The Kier molecular flexibility index (Phi) is 13.4. The van der Waals surface area contributed by atoms with E-state index >= 15 is 0 Å². The van der Waals surface area contributed by atoms with E-state index in [-0.39, 0.29) is 5.91 Å². The van der Waals surface area contributed by atoms with Crippen molar-refractivity contribution < 1.29 is 4.79 Å². The maximum Gasteiger partial charge on any atom is 0.231 e. The number of unbranched alkanes of at least 4 members (excludes halogenated alkanes) is 10. The predicted molar refractivity (Wildman–Crippen MR) is 82.9 cm³/mol. The highest BCUT2D eigenvalue weighted by atomic mass is 16.2. The van der Waals surface area contributed by atoms with E-state index in [2.05, 4.69) is 12.3 Å². The number of carbonyl (C=O) groups is 1. The first kappa shape index (κ1) is 18.4. The summed E-state index contributed by atoms with van der Waals surface area (Å²) in [5, 5.41) is 1.88. The number of carbonyl (C=O) groups excluding carboxylic acids is 1. The van der Waals surface area contributed by atoms with E-state index in [4.69, 9.17) is 0 Å². The maximum absolute atomic E-state index is 10.8. The van der Waals surface area contributed by atoms with E-state index in [9.17, 15) is 4.79 Å². The van der Waals surface area contributed by atoms with Crippen LogP contribution < -0.4 is 5.43 Å². The third-order valence-corrected chi connectivity index (χ3v) is 3.45. The first-order valence-corrected chi connectivity index (χ1v) is 8.15. The zero-order valence-corrected chi connectivity index (χ0v) is 13.3. The smallest absolute Gasteiger partial charge is 0.231 e. The van der Waals surface area contributed by atoms with Gasteiger partial charge in [0.2, 0.25) is 5.91 Å². The molecule has 0 aromatic heterocycles. The van der Waals surface area contributed by atoms with Crippen molar-refractivity contribution in [2.75, 3.05) is 13.6 Å². The van der Waals surface area contributed by atoms with Gasteiger partial charge < -0.3 is 0 Å². The van der Waals surface area contributed by atoms with Crippen molar-refractivity contribution in [1.82, 2.24) is 10.4 Å². The van der Waals surface area contributed by atoms with Crippen LogP contribution in [0.15, 0.2) is 0 Å². The zero-order valence-electron chi connectivity index (χ0n) is 13.3. The molecule has 114 valence electrons. The fourth-order valence-electron chi connectivity index (χ4n) is 2.34. The van der Waals surface area contributed by atoms with Crippen molar-refractivity contribution in [2.45, 2.75) is 84.5 Å². The van der Waals surface area contributed by atoms with Crippen molar-refractivity contribution in [3.63, 3.8) is 0 Å². The Hall–Kier alpha value is -0.570. The monoisotopic (exact) mass is 270 g/mol. The van der Waals surface area contributed by atoms with E-state index in [0.717, 1.165) is 6.54 Å². The molecule has 1 N–H and O–H groups in total. The van der Waals surface area contributed by atoms with Crippen LogP contribution in [-0.4, -0.2) is 24.5 Å². The van der Waals surface area contributed by atoms with Gasteiger partial charge in [0.05, 0.1) is 0 Å². The normalized spacial score (nSPS) is 10.9. The highest BCUT2D eigenvalue weighted by molar-refractivity contribution is 5.72. The molecule has 0 saturated heterocycles. The van der Waals surface area contributed by atoms with Crippen LogP contribution in [0.3, 0.4) is 0 Å². The fraction of sp³-hybridized carbons (Fsp3) is 0.938. The summed E-state index contributed by atoms with van der Waals surface area (Å²) < 4.78 is 0. The third-order valence-electron chi connectivity index (χ3n) is 3.45. The predicted octanol–water partition coefficient (Wildman–Crippen LogP) is 4.28. The van der Waals surface area contributed by atoms with Crippen LogP contribution in [0.5, 0.6) is 0 Å². The Morgan fingerprint density at radius 2 is 1.26 bits per heavy atom. The minimum Gasteiger partial charge on any atom is -0.289 e. The molecule has 0 aliphatic rings. The summed E-state index contributed by atoms with van der Waals surface area (Å²) in [6.45, 7) is 4.77. The van der Waals surface area contributed by atoms with Crippen LogP contribution in [0, 0.1) is 0 Å². The molecule has 0 bridgehead atoms. The Bertz CT molecular complexity index is 207. The molecule has 0 rings (SSSR count). The third kappa shape index (κ3) is 15.4. The average Bonchev–Trinajstić information content (AvgIpc) is 2.35. The highest BCUT2D eigenvalue weighted by Crippen LogP contribution is 2.11. The number of amides is 1. The molecule has 0 radical (unpaired) electrons. The zero-order chi connectivity index (χ0) is 14.3. The minimum atomic E-state index is 0.0190. The van der Waals surface area contributed by atoms with Gasteiger partial charge in [-0.3, -0.25) is 10.2 Å². The van der Waals surface area contributed by atoms with Crippen molar-refractivity contribution in [3.8, 4) is 0 Å². The van der Waals surface area contributed by atoms with Gasteiger partial charge in [-0.15, -0.1) is 0 Å². The fourth-order valence-corrected chi connectivity index (χ4v) is 2.34. The van der Waals surface area contributed by atoms with Crippen molar-refractivity contribution in [2.24, 2.45) is 0 Å². The Morgan fingerprint density at radius 1 is 0.842 bits per heavy atom. The molecule has 1 amide bonds. The summed E-state index contributed by atoms with van der Waals surface area (Å²) >= 11 is 0. The quantitative estimate of drug-likeness (QED) is 0.400. The van der Waals surface area contributed by atoms with Crippen LogP contribution in [0.2, 0.25) is 0 Å². The molecule has 0 spiro atoms. The lowest BCUT2D eigenvalue weighted by Gasteiger charge is -2.16. The Balaban J connectivity index is 3.08. The summed E-state index contributed by atoms with van der Waals surface area (Å²) in [6.07, 6.45) is 15.0. The first-order valence-electron chi connectivity index (χ1n) is 8.15. The van der Waals surface area contributed by atoms with E-state index in [1.54, 1.807) is 6.92 Å². The second-order valence-electron chi connectivity index (χ2n) is 5.63. The molecule has 0 heterocycles. The summed E-state index contributed by atoms with van der Waals surface area (Å²) in [7, 11) is 1.93. The molecular formula is C16H34N2O. The van der Waals surface area contributed by atoms with Gasteiger partial charge in [-0.1, -0.05) is 71.1 Å².